The lowest BCUT2D eigenvalue weighted by Gasteiger charge is -2.14. The fourth-order valence-corrected chi connectivity index (χ4v) is 5.50. The monoisotopic (exact) mass is 512 g/mol. The third-order valence-electron chi connectivity index (χ3n) is 4.81. The molecule has 1 fully saturated rings. The molecule has 1 aliphatic heterocycles. The number of anilines is 2. The Morgan fingerprint density at radius 1 is 1.18 bits per heavy atom. The SMILES string of the molecule is O=C1NCCN1CCNc1nccc(-c2ccc(S(=O)(=O)Nc3cccc(C(F)(F)F)c3)s2)n1. The fourth-order valence-electron chi connectivity index (χ4n) is 3.17. The van der Waals surface area contributed by atoms with E-state index in [2.05, 4.69) is 25.3 Å². The second kappa shape index (κ2) is 9.46. The summed E-state index contributed by atoms with van der Waals surface area (Å²) in [5.41, 5.74) is -0.669. The summed E-state index contributed by atoms with van der Waals surface area (Å²) in [6.45, 7) is 2.14. The molecule has 1 aromatic carbocycles. The van der Waals surface area contributed by atoms with Gasteiger partial charge in [-0.3, -0.25) is 4.72 Å². The summed E-state index contributed by atoms with van der Waals surface area (Å²) < 4.78 is 66.2. The Morgan fingerprint density at radius 3 is 2.74 bits per heavy atom. The van der Waals surface area contributed by atoms with Crippen LogP contribution in [0.15, 0.2) is 52.9 Å². The molecule has 2 amide bonds. The van der Waals surface area contributed by atoms with Gasteiger partial charge in [0.2, 0.25) is 5.95 Å². The average Bonchev–Trinajstić information content (AvgIpc) is 3.44. The highest BCUT2D eigenvalue weighted by Crippen LogP contribution is 2.33. The summed E-state index contributed by atoms with van der Waals surface area (Å²) in [5.74, 6) is 0.317. The molecule has 14 heteroatoms. The van der Waals surface area contributed by atoms with Crippen LogP contribution in [0.5, 0.6) is 0 Å². The molecular formula is C20H19F3N6O3S2. The number of hydrogen-bond acceptors (Lipinski definition) is 7. The molecule has 3 heterocycles. The van der Waals surface area contributed by atoms with E-state index in [9.17, 15) is 26.4 Å². The van der Waals surface area contributed by atoms with Crippen molar-refractivity contribution < 1.29 is 26.4 Å². The van der Waals surface area contributed by atoms with Crippen LogP contribution in [0.1, 0.15) is 5.56 Å². The molecule has 0 bridgehead atoms. The standard InChI is InChI=1S/C20H19F3N6O3S2/c21-20(22,23)13-2-1-3-14(12-13)28-34(31,32)17-5-4-16(33-17)15-6-7-24-18(27-15)25-8-10-29-11-9-26-19(29)30/h1-7,12,28H,8-11H2,(H,26,30)(H,24,25,27). The minimum absolute atomic E-state index is 0.0759. The van der Waals surface area contributed by atoms with Crippen molar-refractivity contribution in [3.63, 3.8) is 0 Å². The van der Waals surface area contributed by atoms with Gasteiger partial charge in [0.05, 0.1) is 16.1 Å². The molecule has 0 unspecified atom stereocenters. The quantitative estimate of drug-likeness (QED) is 0.426. The van der Waals surface area contributed by atoms with E-state index >= 15 is 0 Å². The normalized spacial score (nSPS) is 14.2. The molecule has 1 aliphatic rings. The van der Waals surface area contributed by atoms with Gasteiger partial charge in [-0.25, -0.2) is 23.2 Å². The van der Waals surface area contributed by atoms with E-state index in [0.29, 0.717) is 42.7 Å². The molecule has 4 rings (SSSR count). The molecule has 9 nitrogen and oxygen atoms in total. The van der Waals surface area contributed by atoms with E-state index in [1.54, 1.807) is 17.0 Å². The number of amides is 2. The number of urea groups is 1. The lowest BCUT2D eigenvalue weighted by Crippen LogP contribution is -2.32. The van der Waals surface area contributed by atoms with Crippen LogP contribution in [-0.4, -0.2) is 55.5 Å². The van der Waals surface area contributed by atoms with E-state index < -0.39 is 21.8 Å². The Hall–Kier alpha value is -3.39. The Balaban J connectivity index is 1.44. The molecule has 3 N–H and O–H groups in total. The Morgan fingerprint density at radius 2 is 2.00 bits per heavy atom. The second-order valence-corrected chi connectivity index (χ2v) is 10.2. The first-order valence-electron chi connectivity index (χ1n) is 10.0. The van der Waals surface area contributed by atoms with Crippen LogP contribution in [0.3, 0.4) is 0 Å². The predicted octanol–water partition coefficient (Wildman–Crippen LogP) is 3.46. The van der Waals surface area contributed by atoms with Gasteiger partial charge in [-0.05, 0) is 36.4 Å². The van der Waals surface area contributed by atoms with Crippen molar-refractivity contribution in [2.24, 2.45) is 0 Å². The van der Waals surface area contributed by atoms with Crippen LogP contribution < -0.4 is 15.4 Å². The third-order valence-corrected chi connectivity index (χ3v) is 7.79. The molecule has 0 spiro atoms. The first-order valence-corrected chi connectivity index (χ1v) is 12.3. The molecule has 34 heavy (non-hydrogen) atoms. The largest absolute Gasteiger partial charge is 0.416 e. The van der Waals surface area contributed by atoms with Crippen molar-refractivity contribution in [2.45, 2.75) is 10.4 Å². The Kier molecular flexibility index (Phi) is 6.61. The number of sulfonamides is 1. The summed E-state index contributed by atoms with van der Waals surface area (Å²) in [6, 6.07) is 8.39. The minimum Gasteiger partial charge on any atom is -0.352 e. The molecule has 0 atom stereocenters. The number of carbonyl (C=O) groups excluding carboxylic acids is 1. The molecule has 2 aromatic heterocycles. The molecule has 0 radical (unpaired) electrons. The zero-order chi connectivity index (χ0) is 24.3. The maximum absolute atomic E-state index is 12.9. The highest BCUT2D eigenvalue weighted by Gasteiger charge is 2.31. The third kappa shape index (κ3) is 5.56. The number of nitrogens with zero attached hydrogens (tertiary/aromatic N) is 3. The Bertz CT molecular complexity index is 1300. The van der Waals surface area contributed by atoms with Crippen LogP contribution in [0.25, 0.3) is 10.6 Å². The number of rotatable bonds is 8. The van der Waals surface area contributed by atoms with Crippen LogP contribution in [-0.2, 0) is 16.2 Å². The van der Waals surface area contributed by atoms with Crippen molar-refractivity contribution in [1.29, 1.82) is 0 Å². The first-order chi connectivity index (χ1) is 16.1. The van der Waals surface area contributed by atoms with E-state index in [1.165, 1.54) is 18.3 Å². The smallest absolute Gasteiger partial charge is 0.352 e. The topological polar surface area (TPSA) is 116 Å². The van der Waals surface area contributed by atoms with Crippen LogP contribution in [0.4, 0.5) is 29.6 Å². The van der Waals surface area contributed by atoms with E-state index in [-0.39, 0.29) is 15.9 Å². The number of alkyl halides is 3. The van der Waals surface area contributed by atoms with Crippen LogP contribution in [0, 0.1) is 0 Å². The van der Waals surface area contributed by atoms with Gasteiger partial charge in [-0.15, -0.1) is 11.3 Å². The Labute approximate surface area is 197 Å². The lowest BCUT2D eigenvalue weighted by atomic mass is 10.2. The number of benzene rings is 1. The van der Waals surface area contributed by atoms with Crippen LogP contribution in [0.2, 0.25) is 0 Å². The van der Waals surface area contributed by atoms with Gasteiger partial charge in [-0.1, -0.05) is 6.07 Å². The highest BCUT2D eigenvalue weighted by molar-refractivity contribution is 7.94. The maximum atomic E-state index is 12.9. The van der Waals surface area contributed by atoms with Crippen molar-refractivity contribution in [2.75, 3.05) is 36.2 Å². The van der Waals surface area contributed by atoms with E-state index in [0.717, 1.165) is 29.5 Å². The molecule has 3 aromatic rings. The number of nitrogens with one attached hydrogen (secondary N) is 3. The molecule has 0 aliphatic carbocycles. The summed E-state index contributed by atoms with van der Waals surface area (Å²) in [5, 5.41) is 5.74. The summed E-state index contributed by atoms with van der Waals surface area (Å²) in [4.78, 5) is 22.3. The molecular weight excluding hydrogens is 493 g/mol. The summed E-state index contributed by atoms with van der Waals surface area (Å²) in [6.07, 6.45) is -3.07. The van der Waals surface area contributed by atoms with Gasteiger partial charge >= 0.3 is 12.2 Å². The number of halogens is 3. The number of carbonyl (C=O) groups is 1. The van der Waals surface area contributed by atoms with Gasteiger partial charge < -0.3 is 15.5 Å². The zero-order valence-electron chi connectivity index (χ0n) is 17.5. The van der Waals surface area contributed by atoms with Crippen molar-refractivity contribution in [1.82, 2.24) is 20.2 Å². The van der Waals surface area contributed by atoms with Gasteiger partial charge in [0.25, 0.3) is 10.0 Å². The average molecular weight is 513 g/mol. The van der Waals surface area contributed by atoms with Gasteiger partial charge in [0, 0.05) is 38.1 Å². The van der Waals surface area contributed by atoms with Crippen molar-refractivity contribution in [3.05, 3.63) is 54.2 Å². The van der Waals surface area contributed by atoms with Crippen molar-refractivity contribution >= 4 is 39.0 Å². The highest BCUT2D eigenvalue weighted by atomic mass is 32.2. The van der Waals surface area contributed by atoms with Gasteiger partial charge in [0.1, 0.15) is 4.21 Å². The lowest BCUT2D eigenvalue weighted by molar-refractivity contribution is -0.137. The van der Waals surface area contributed by atoms with Gasteiger partial charge in [-0.2, -0.15) is 13.2 Å². The molecule has 0 saturated carbocycles. The van der Waals surface area contributed by atoms with E-state index in [1.807, 2.05) is 0 Å². The summed E-state index contributed by atoms with van der Waals surface area (Å²) >= 11 is 0.923. The zero-order valence-corrected chi connectivity index (χ0v) is 19.1. The number of thiophene rings is 1. The molecule has 180 valence electrons. The molecule has 1 saturated heterocycles. The van der Waals surface area contributed by atoms with Crippen LogP contribution >= 0.6 is 11.3 Å². The number of hydrogen-bond donors (Lipinski definition) is 3. The number of aromatic nitrogens is 2. The second-order valence-electron chi connectivity index (χ2n) is 7.21. The summed E-state index contributed by atoms with van der Waals surface area (Å²) in [7, 11) is -4.10. The van der Waals surface area contributed by atoms with Gasteiger partial charge in [0.15, 0.2) is 0 Å². The fraction of sp³-hybridized carbons (Fsp3) is 0.250. The van der Waals surface area contributed by atoms with E-state index in [4.69, 9.17) is 0 Å². The first kappa shape index (κ1) is 23.8. The maximum Gasteiger partial charge on any atom is 0.416 e. The predicted molar refractivity (Wildman–Crippen MR) is 121 cm³/mol. The minimum atomic E-state index is -4.59. The van der Waals surface area contributed by atoms with Crippen molar-refractivity contribution in [3.8, 4) is 10.6 Å².